The van der Waals surface area contributed by atoms with Gasteiger partial charge in [-0.2, -0.15) is 22.5 Å². The Labute approximate surface area is 133 Å². The number of carbonyl (C=O) groups excluding carboxylic acids is 1. The van der Waals surface area contributed by atoms with Gasteiger partial charge in [-0.05, 0) is 24.1 Å². The van der Waals surface area contributed by atoms with E-state index in [4.69, 9.17) is 5.73 Å². The zero-order valence-electron chi connectivity index (χ0n) is 12.1. The summed E-state index contributed by atoms with van der Waals surface area (Å²) in [5.41, 5.74) is 4.69. The number of halogens is 5. The van der Waals surface area contributed by atoms with Crippen LogP contribution in [-0.2, 0) is 11.2 Å². The molecule has 1 unspecified atom stereocenters. The van der Waals surface area contributed by atoms with Crippen molar-refractivity contribution in [1.29, 1.82) is 0 Å². The predicted octanol–water partition coefficient (Wildman–Crippen LogP) is 2.53. The van der Waals surface area contributed by atoms with Crippen LogP contribution in [0.4, 0.5) is 27.6 Å². The molecule has 0 saturated heterocycles. The maximum Gasteiger partial charge on any atom is 0.253 e. The van der Waals surface area contributed by atoms with Crippen LogP contribution in [0.2, 0.25) is 0 Å². The van der Waals surface area contributed by atoms with Crippen LogP contribution >= 0.6 is 0 Å². The molecule has 24 heavy (non-hydrogen) atoms. The highest BCUT2D eigenvalue weighted by Gasteiger charge is 2.23. The first kappa shape index (κ1) is 17.6. The Bertz CT molecular complexity index is 726. The van der Waals surface area contributed by atoms with Crippen LogP contribution in [-0.4, -0.2) is 17.4 Å². The highest BCUT2D eigenvalue weighted by atomic mass is 19.2. The standard InChI is InChI=1S/C15H12F5N3O/c16-9-3-1-7(2-4-9)5-8(15(21)24)6-22-12-10(17)13(19)23-14(20)11(12)18/h1-4,8H,5-6H2,(H2,21,24)(H,22,23). The number of amides is 1. The molecule has 0 fully saturated rings. The van der Waals surface area contributed by atoms with Crippen molar-refractivity contribution in [3.05, 3.63) is 59.2 Å². The average Bonchev–Trinajstić information content (AvgIpc) is 2.53. The molecule has 4 nitrogen and oxygen atoms in total. The van der Waals surface area contributed by atoms with E-state index in [1.807, 2.05) is 0 Å². The van der Waals surface area contributed by atoms with E-state index in [0.29, 0.717) is 5.56 Å². The van der Waals surface area contributed by atoms with Gasteiger partial charge in [-0.25, -0.2) is 4.39 Å². The van der Waals surface area contributed by atoms with Crippen molar-refractivity contribution >= 4 is 11.6 Å². The normalized spacial score (nSPS) is 12.0. The van der Waals surface area contributed by atoms with Crippen LogP contribution < -0.4 is 11.1 Å². The molecule has 2 rings (SSSR count). The molecule has 1 aromatic carbocycles. The first-order chi connectivity index (χ1) is 11.3. The predicted molar refractivity (Wildman–Crippen MR) is 75.3 cm³/mol. The van der Waals surface area contributed by atoms with Gasteiger partial charge in [0.25, 0.3) is 11.9 Å². The summed E-state index contributed by atoms with van der Waals surface area (Å²) in [4.78, 5) is 13.9. The van der Waals surface area contributed by atoms with Crippen molar-refractivity contribution in [2.24, 2.45) is 11.7 Å². The third-order valence-electron chi connectivity index (χ3n) is 3.32. The van der Waals surface area contributed by atoms with Crippen molar-refractivity contribution in [2.75, 3.05) is 11.9 Å². The van der Waals surface area contributed by atoms with Gasteiger partial charge in [-0.1, -0.05) is 12.1 Å². The molecule has 1 atom stereocenters. The molecule has 0 aliphatic heterocycles. The van der Waals surface area contributed by atoms with E-state index in [9.17, 15) is 26.7 Å². The molecule has 1 amide bonds. The van der Waals surface area contributed by atoms with E-state index in [1.54, 1.807) is 0 Å². The number of anilines is 1. The van der Waals surface area contributed by atoms with E-state index in [0.717, 1.165) is 0 Å². The third-order valence-corrected chi connectivity index (χ3v) is 3.32. The van der Waals surface area contributed by atoms with Gasteiger partial charge in [0.05, 0.1) is 5.92 Å². The second kappa shape index (κ2) is 7.24. The van der Waals surface area contributed by atoms with Gasteiger partial charge < -0.3 is 11.1 Å². The minimum Gasteiger partial charge on any atom is -0.379 e. The lowest BCUT2D eigenvalue weighted by molar-refractivity contribution is -0.121. The number of nitrogens with zero attached hydrogens (tertiary/aromatic N) is 1. The zero-order valence-corrected chi connectivity index (χ0v) is 12.1. The highest BCUT2D eigenvalue weighted by molar-refractivity contribution is 5.77. The molecule has 0 aliphatic rings. The molecule has 3 N–H and O–H groups in total. The third kappa shape index (κ3) is 3.98. The molecule has 0 spiro atoms. The largest absolute Gasteiger partial charge is 0.379 e. The van der Waals surface area contributed by atoms with Crippen LogP contribution in [0.1, 0.15) is 5.56 Å². The lowest BCUT2D eigenvalue weighted by atomic mass is 9.98. The zero-order chi connectivity index (χ0) is 17.9. The van der Waals surface area contributed by atoms with Gasteiger partial charge >= 0.3 is 0 Å². The summed E-state index contributed by atoms with van der Waals surface area (Å²) in [7, 11) is 0. The average molecular weight is 345 g/mol. The lowest BCUT2D eigenvalue weighted by Crippen LogP contribution is -2.31. The van der Waals surface area contributed by atoms with Crippen LogP contribution in [0.15, 0.2) is 24.3 Å². The van der Waals surface area contributed by atoms with Crippen molar-refractivity contribution in [3.63, 3.8) is 0 Å². The SMILES string of the molecule is NC(=O)C(CNc1c(F)c(F)nc(F)c1F)Cc1ccc(F)cc1. The number of nitrogens with one attached hydrogen (secondary N) is 1. The fourth-order valence-electron chi connectivity index (χ4n) is 2.05. The monoisotopic (exact) mass is 345 g/mol. The number of aromatic nitrogens is 1. The number of nitrogens with two attached hydrogens (primary N) is 1. The quantitative estimate of drug-likeness (QED) is 0.624. The summed E-state index contributed by atoms with van der Waals surface area (Å²) in [6.07, 6.45) is 0.0436. The number of benzene rings is 1. The molecule has 128 valence electrons. The maximum absolute atomic E-state index is 13.5. The van der Waals surface area contributed by atoms with E-state index in [2.05, 4.69) is 10.3 Å². The fraction of sp³-hybridized carbons (Fsp3) is 0.200. The summed E-state index contributed by atoms with van der Waals surface area (Å²) in [5, 5.41) is 2.13. The van der Waals surface area contributed by atoms with Gasteiger partial charge in [-0.3, -0.25) is 4.79 Å². The van der Waals surface area contributed by atoms with Crippen LogP contribution in [0.3, 0.4) is 0 Å². The smallest absolute Gasteiger partial charge is 0.253 e. The van der Waals surface area contributed by atoms with Crippen molar-refractivity contribution < 1.29 is 26.7 Å². The number of hydrogen-bond donors (Lipinski definition) is 2. The lowest BCUT2D eigenvalue weighted by Gasteiger charge is -2.16. The summed E-state index contributed by atoms with van der Waals surface area (Å²) >= 11 is 0. The van der Waals surface area contributed by atoms with E-state index < -0.39 is 46.9 Å². The first-order valence-electron chi connectivity index (χ1n) is 6.77. The van der Waals surface area contributed by atoms with Crippen LogP contribution in [0, 0.1) is 35.3 Å². The van der Waals surface area contributed by atoms with Gasteiger partial charge in [0, 0.05) is 6.54 Å². The van der Waals surface area contributed by atoms with Crippen molar-refractivity contribution in [1.82, 2.24) is 4.98 Å². The van der Waals surface area contributed by atoms with Gasteiger partial charge in [-0.15, -0.1) is 0 Å². The minimum absolute atomic E-state index is 0.0436. The second-order valence-electron chi connectivity index (χ2n) is 5.01. The van der Waals surface area contributed by atoms with Gasteiger partial charge in [0.1, 0.15) is 11.5 Å². The molecular formula is C15H12F5N3O. The summed E-state index contributed by atoms with van der Waals surface area (Å²) in [6, 6.07) is 5.18. The molecule has 1 aromatic heterocycles. The summed E-state index contributed by atoms with van der Waals surface area (Å²) in [5.74, 6) is -9.27. The van der Waals surface area contributed by atoms with E-state index in [1.165, 1.54) is 24.3 Å². The van der Waals surface area contributed by atoms with E-state index >= 15 is 0 Å². The summed E-state index contributed by atoms with van der Waals surface area (Å²) in [6.45, 7) is -0.385. The topological polar surface area (TPSA) is 68.0 Å². The molecule has 2 aromatic rings. The van der Waals surface area contributed by atoms with Gasteiger partial charge in [0.2, 0.25) is 17.5 Å². The van der Waals surface area contributed by atoms with Crippen molar-refractivity contribution in [2.45, 2.75) is 6.42 Å². The highest BCUT2D eigenvalue weighted by Crippen LogP contribution is 2.22. The second-order valence-corrected chi connectivity index (χ2v) is 5.01. The van der Waals surface area contributed by atoms with Crippen LogP contribution in [0.25, 0.3) is 0 Å². The number of hydrogen-bond acceptors (Lipinski definition) is 3. The Morgan fingerprint density at radius 1 is 1.04 bits per heavy atom. The number of primary amides is 1. The maximum atomic E-state index is 13.5. The Morgan fingerprint density at radius 3 is 2.08 bits per heavy atom. The van der Waals surface area contributed by atoms with E-state index in [-0.39, 0.29) is 13.0 Å². The molecule has 1 heterocycles. The number of rotatable bonds is 6. The fourth-order valence-corrected chi connectivity index (χ4v) is 2.05. The van der Waals surface area contributed by atoms with Gasteiger partial charge in [0.15, 0.2) is 0 Å². The molecular weight excluding hydrogens is 333 g/mol. The molecule has 0 radical (unpaired) electrons. The summed E-state index contributed by atoms with van der Waals surface area (Å²) < 4.78 is 65.9. The first-order valence-corrected chi connectivity index (χ1v) is 6.77. The minimum atomic E-state index is -1.81. The Hall–Kier alpha value is -2.71. The Balaban J connectivity index is 2.15. The Morgan fingerprint density at radius 2 is 1.58 bits per heavy atom. The number of carbonyl (C=O) groups is 1. The molecule has 0 saturated carbocycles. The van der Waals surface area contributed by atoms with Crippen LogP contribution in [0.5, 0.6) is 0 Å². The molecule has 0 bridgehead atoms. The molecule has 0 aliphatic carbocycles. The molecule has 9 heteroatoms. The Kier molecular flexibility index (Phi) is 5.32. The van der Waals surface area contributed by atoms with Crippen molar-refractivity contribution in [3.8, 4) is 0 Å². The number of pyridine rings is 1.